The molecule has 0 bridgehead atoms. The van der Waals surface area contributed by atoms with E-state index in [1.54, 1.807) is 11.0 Å². The average Bonchev–Trinajstić information content (AvgIpc) is 2.96. The molecule has 2 fully saturated rings. The molecule has 92 valence electrons. The van der Waals surface area contributed by atoms with Crippen LogP contribution in [-0.4, -0.2) is 44.2 Å². The van der Waals surface area contributed by atoms with Gasteiger partial charge in [-0.25, -0.2) is 4.98 Å². The maximum absolute atomic E-state index is 11.7. The smallest absolute Gasteiger partial charge is 0.224 e. The van der Waals surface area contributed by atoms with Crippen LogP contribution >= 0.6 is 0 Å². The maximum Gasteiger partial charge on any atom is 0.224 e. The first-order valence-corrected chi connectivity index (χ1v) is 6.11. The Bertz CT molecular complexity index is 429. The second-order valence-electron chi connectivity index (χ2n) is 4.82. The lowest BCUT2D eigenvalue weighted by Gasteiger charge is -2.20. The molecule has 2 atom stereocenters. The lowest BCUT2D eigenvalue weighted by molar-refractivity contribution is -0.127. The number of amides is 1. The summed E-state index contributed by atoms with van der Waals surface area (Å²) in [6.07, 6.45) is 4.58. The van der Waals surface area contributed by atoms with Gasteiger partial charge in [0.1, 0.15) is 6.33 Å². The van der Waals surface area contributed by atoms with Crippen LogP contribution in [0.1, 0.15) is 25.1 Å². The number of hydrogen-bond acceptors (Lipinski definition) is 4. The van der Waals surface area contributed by atoms with Crippen LogP contribution in [0.2, 0.25) is 0 Å². The summed E-state index contributed by atoms with van der Waals surface area (Å²) in [5, 5.41) is 7.63. The molecule has 0 saturated carbocycles. The van der Waals surface area contributed by atoms with Gasteiger partial charge in [0.25, 0.3) is 0 Å². The van der Waals surface area contributed by atoms with Crippen LogP contribution in [0.25, 0.3) is 0 Å². The predicted molar refractivity (Wildman–Crippen MR) is 61.0 cm³/mol. The molecule has 17 heavy (non-hydrogen) atoms. The molecule has 1 amide bonds. The SMILES string of the molecule is Cn1cnc(CNC2CC(=O)N3CCCC23)n1. The highest BCUT2D eigenvalue weighted by Gasteiger charge is 2.41. The van der Waals surface area contributed by atoms with Crippen LogP contribution in [0.5, 0.6) is 0 Å². The summed E-state index contributed by atoms with van der Waals surface area (Å²) in [4.78, 5) is 17.9. The van der Waals surface area contributed by atoms with Crippen LogP contribution in [0, 0.1) is 0 Å². The van der Waals surface area contributed by atoms with Crippen molar-refractivity contribution >= 4 is 5.91 Å². The molecule has 2 aliphatic heterocycles. The van der Waals surface area contributed by atoms with Gasteiger partial charge in [0.15, 0.2) is 5.82 Å². The molecule has 0 aliphatic carbocycles. The summed E-state index contributed by atoms with van der Waals surface area (Å²) < 4.78 is 1.69. The van der Waals surface area contributed by atoms with Crippen LogP contribution in [0.3, 0.4) is 0 Å². The van der Waals surface area contributed by atoms with Gasteiger partial charge in [-0.05, 0) is 12.8 Å². The Morgan fingerprint density at radius 3 is 3.24 bits per heavy atom. The number of carbonyl (C=O) groups excluding carboxylic acids is 1. The minimum absolute atomic E-state index is 0.272. The van der Waals surface area contributed by atoms with E-state index in [9.17, 15) is 4.79 Å². The summed E-state index contributed by atoms with van der Waals surface area (Å²) in [6, 6.07) is 0.667. The van der Waals surface area contributed by atoms with Crippen molar-refractivity contribution < 1.29 is 4.79 Å². The number of aryl methyl sites for hydroxylation is 1. The van der Waals surface area contributed by atoms with Gasteiger partial charge >= 0.3 is 0 Å². The molecule has 0 spiro atoms. The molecule has 3 rings (SSSR count). The number of aromatic nitrogens is 3. The maximum atomic E-state index is 11.7. The molecule has 1 N–H and O–H groups in total. The van der Waals surface area contributed by atoms with Gasteiger partial charge in [-0.3, -0.25) is 9.48 Å². The van der Waals surface area contributed by atoms with E-state index in [4.69, 9.17) is 0 Å². The van der Waals surface area contributed by atoms with Crippen LogP contribution in [-0.2, 0) is 18.4 Å². The Morgan fingerprint density at radius 2 is 2.47 bits per heavy atom. The lowest BCUT2D eigenvalue weighted by atomic mass is 10.1. The average molecular weight is 235 g/mol. The zero-order chi connectivity index (χ0) is 11.8. The number of carbonyl (C=O) groups is 1. The third-order valence-electron chi connectivity index (χ3n) is 3.65. The van der Waals surface area contributed by atoms with E-state index in [0.29, 0.717) is 24.9 Å². The minimum Gasteiger partial charge on any atom is -0.338 e. The fraction of sp³-hybridized carbons (Fsp3) is 0.727. The summed E-state index contributed by atoms with van der Waals surface area (Å²) in [5.74, 6) is 1.08. The largest absolute Gasteiger partial charge is 0.338 e. The third-order valence-corrected chi connectivity index (χ3v) is 3.65. The van der Waals surface area contributed by atoms with Crippen LogP contribution in [0.4, 0.5) is 0 Å². The molecule has 2 aliphatic rings. The van der Waals surface area contributed by atoms with E-state index in [2.05, 4.69) is 15.4 Å². The highest BCUT2D eigenvalue weighted by Crippen LogP contribution is 2.28. The molecule has 2 saturated heterocycles. The lowest BCUT2D eigenvalue weighted by Crippen LogP contribution is -2.39. The zero-order valence-corrected chi connectivity index (χ0v) is 9.96. The molecule has 1 aromatic rings. The van der Waals surface area contributed by atoms with Gasteiger partial charge in [0.05, 0.1) is 6.54 Å². The van der Waals surface area contributed by atoms with E-state index in [1.807, 2.05) is 11.9 Å². The van der Waals surface area contributed by atoms with Crippen molar-refractivity contribution in [2.45, 2.75) is 37.9 Å². The van der Waals surface area contributed by atoms with Gasteiger partial charge in [0, 0.05) is 32.1 Å². The second-order valence-corrected chi connectivity index (χ2v) is 4.82. The van der Waals surface area contributed by atoms with Gasteiger partial charge in [-0.15, -0.1) is 0 Å². The second kappa shape index (κ2) is 4.10. The molecule has 2 unspecified atom stereocenters. The molecule has 6 heteroatoms. The van der Waals surface area contributed by atoms with E-state index in [-0.39, 0.29) is 6.04 Å². The standard InChI is InChI=1S/C11H17N5O/c1-15-7-13-10(14-15)6-12-8-5-11(17)16-4-2-3-9(8)16/h7-9,12H,2-6H2,1H3. The van der Waals surface area contributed by atoms with Crippen molar-refractivity contribution in [3.63, 3.8) is 0 Å². The number of nitrogens with one attached hydrogen (secondary N) is 1. The zero-order valence-electron chi connectivity index (χ0n) is 9.96. The fourth-order valence-corrected chi connectivity index (χ4v) is 2.86. The Hall–Kier alpha value is -1.43. The van der Waals surface area contributed by atoms with Crippen molar-refractivity contribution in [3.8, 4) is 0 Å². The van der Waals surface area contributed by atoms with Crippen molar-refractivity contribution in [2.75, 3.05) is 6.54 Å². The van der Waals surface area contributed by atoms with Crippen molar-refractivity contribution in [1.82, 2.24) is 25.0 Å². The predicted octanol–water partition coefficient (Wildman–Crippen LogP) is -0.332. The van der Waals surface area contributed by atoms with Gasteiger partial charge in [-0.1, -0.05) is 0 Å². The number of fused-ring (bicyclic) bond motifs is 1. The number of hydrogen-bond donors (Lipinski definition) is 1. The normalized spacial score (nSPS) is 27.8. The molecular weight excluding hydrogens is 218 g/mol. The van der Waals surface area contributed by atoms with Crippen molar-refractivity contribution in [1.29, 1.82) is 0 Å². The molecule has 0 aromatic carbocycles. The van der Waals surface area contributed by atoms with Crippen LogP contribution < -0.4 is 5.32 Å². The summed E-state index contributed by atoms with van der Waals surface area (Å²) in [6.45, 7) is 1.58. The van der Waals surface area contributed by atoms with E-state index in [1.165, 1.54) is 0 Å². The third kappa shape index (κ3) is 1.93. The molecule has 6 nitrogen and oxygen atoms in total. The Labute approximate surface area is 100 Å². The highest BCUT2D eigenvalue weighted by molar-refractivity contribution is 5.80. The Morgan fingerprint density at radius 1 is 1.59 bits per heavy atom. The first-order valence-electron chi connectivity index (χ1n) is 6.11. The molecular formula is C11H17N5O. The van der Waals surface area contributed by atoms with E-state index >= 15 is 0 Å². The van der Waals surface area contributed by atoms with E-state index in [0.717, 1.165) is 25.2 Å². The monoisotopic (exact) mass is 235 g/mol. The fourth-order valence-electron chi connectivity index (χ4n) is 2.86. The number of rotatable bonds is 3. The molecule has 3 heterocycles. The molecule has 0 radical (unpaired) electrons. The van der Waals surface area contributed by atoms with Crippen molar-refractivity contribution in [3.05, 3.63) is 12.2 Å². The Balaban J connectivity index is 1.60. The summed E-state index contributed by atoms with van der Waals surface area (Å²) in [7, 11) is 1.86. The highest BCUT2D eigenvalue weighted by atomic mass is 16.2. The first kappa shape index (κ1) is 10.7. The van der Waals surface area contributed by atoms with Crippen LogP contribution in [0.15, 0.2) is 6.33 Å². The summed E-state index contributed by atoms with van der Waals surface area (Å²) >= 11 is 0. The first-order chi connectivity index (χ1) is 8.24. The number of nitrogens with zero attached hydrogens (tertiary/aromatic N) is 4. The molecule has 1 aromatic heterocycles. The van der Waals surface area contributed by atoms with Gasteiger partial charge in [-0.2, -0.15) is 5.10 Å². The van der Waals surface area contributed by atoms with Crippen molar-refractivity contribution in [2.24, 2.45) is 7.05 Å². The summed E-state index contributed by atoms with van der Waals surface area (Å²) in [5.41, 5.74) is 0. The Kier molecular flexibility index (Phi) is 2.58. The van der Waals surface area contributed by atoms with Gasteiger partial charge < -0.3 is 10.2 Å². The minimum atomic E-state index is 0.272. The quantitative estimate of drug-likeness (QED) is 0.779. The topological polar surface area (TPSA) is 63.1 Å². The van der Waals surface area contributed by atoms with E-state index < -0.39 is 0 Å². The van der Waals surface area contributed by atoms with Gasteiger partial charge in [0.2, 0.25) is 5.91 Å².